The minimum absolute atomic E-state index is 0.0467. The lowest BCUT2D eigenvalue weighted by atomic mass is 10.1. The van der Waals surface area contributed by atoms with Crippen molar-refractivity contribution < 1.29 is 13.5 Å². The van der Waals surface area contributed by atoms with Gasteiger partial charge in [0.15, 0.2) is 5.11 Å². The molecule has 0 amide bonds. The van der Waals surface area contributed by atoms with E-state index in [1.165, 1.54) is 6.07 Å². The number of benzene rings is 2. The number of alkyl halides is 2. The molecule has 0 saturated heterocycles. The number of hydrogen-bond donors (Lipinski definition) is 2. The molecule has 3 nitrogen and oxygen atoms in total. The Morgan fingerprint density at radius 1 is 1.05 bits per heavy atom. The Kier molecular flexibility index (Phi) is 5.66. The zero-order valence-corrected chi connectivity index (χ0v) is 12.8. The van der Waals surface area contributed by atoms with Crippen molar-refractivity contribution in [3.63, 3.8) is 0 Å². The van der Waals surface area contributed by atoms with Gasteiger partial charge in [-0.15, -0.1) is 0 Å². The molecule has 6 heteroatoms. The Labute approximate surface area is 133 Å². The number of ether oxygens (including phenoxy) is 1. The molecule has 2 aromatic carbocycles. The first-order valence-electron chi connectivity index (χ1n) is 6.80. The highest BCUT2D eigenvalue weighted by molar-refractivity contribution is 7.80. The minimum Gasteiger partial charge on any atom is -0.433 e. The van der Waals surface area contributed by atoms with Crippen LogP contribution >= 0.6 is 12.2 Å². The van der Waals surface area contributed by atoms with Crippen molar-refractivity contribution in [3.05, 3.63) is 54.1 Å². The second kappa shape index (κ2) is 7.70. The third kappa shape index (κ3) is 4.39. The van der Waals surface area contributed by atoms with Crippen LogP contribution in [0.5, 0.6) is 5.75 Å². The van der Waals surface area contributed by atoms with E-state index >= 15 is 0 Å². The molecule has 116 valence electrons. The van der Waals surface area contributed by atoms with E-state index in [2.05, 4.69) is 15.4 Å². The van der Waals surface area contributed by atoms with Gasteiger partial charge in [-0.05, 0) is 42.4 Å². The molecule has 0 spiro atoms. The van der Waals surface area contributed by atoms with Crippen LogP contribution < -0.4 is 15.4 Å². The summed E-state index contributed by atoms with van der Waals surface area (Å²) in [4.78, 5) is 0. The van der Waals surface area contributed by atoms with E-state index in [9.17, 15) is 8.78 Å². The summed E-state index contributed by atoms with van der Waals surface area (Å²) in [6.07, 6.45) is 0.858. The Balaban J connectivity index is 2.09. The summed E-state index contributed by atoms with van der Waals surface area (Å²) in [5.74, 6) is 0.0467. The molecule has 0 saturated carbocycles. The first-order chi connectivity index (χ1) is 10.6. The highest BCUT2D eigenvalue weighted by Crippen LogP contribution is 2.26. The highest BCUT2D eigenvalue weighted by atomic mass is 32.1. The van der Waals surface area contributed by atoms with E-state index in [1.807, 2.05) is 31.2 Å². The summed E-state index contributed by atoms with van der Waals surface area (Å²) >= 11 is 5.23. The largest absolute Gasteiger partial charge is 0.433 e. The van der Waals surface area contributed by atoms with Crippen molar-refractivity contribution in [2.45, 2.75) is 20.0 Å². The van der Waals surface area contributed by atoms with E-state index in [-0.39, 0.29) is 5.75 Å². The Bertz CT molecular complexity index is 650. The fraction of sp³-hybridized carbons (Fsp3) is 0.188. The summed E-state index contributed by atoms with van der Waals surface area (Å²) < 4.78 is 29.2. The predicted molar refractivity (Wildman–Crippen MR) is 88.7 cm³/mol. The lowest BCUT2D eigenvalue weighted by Crippen LogP contribution is -2.20. The van der Waals surface area contributed by atoms with Crippen LogP contribution in [-0.2, 0) is 6.42 Å². The second-order valence-corrected chi connectivity index (χ2v) is 4.87. The SMILES string of the molecule is CCc1ccccc1NC(=S)Nc1ccccc1OC(F)F. The quantitative estimate of drug-likeness (QED) is 0.785. The molecule has 2 aromatic rings. The van der Waals surface area contributed by atoms with E-state index in [4.69, 9.17) is 12.2 Å². The molecular weight excluding hydrogens is 306 g/mol. The van der Waals surface area contributed by atoms with E-state index in [0.29, 0.717) is 10.8 Å². The number of hydrogen-bond acceptors (Lipinski definition) is 2. The summed E-state index contributed by atoms with van der Waals surface area (Å²) in [7, 11) is 0. The topological polar surface area (TPSA) is 33.3 Å². The average Bonchev–Trinajstić information content (AvgIpc) is 2.49. The highest BCUT2D eigenvalue weighted by Gasteiger charge is 2.10. The fourth-order valence-electron chi connectivity index (χ4n) is 2.00. The van der Waals surface area contributed by atoms with Crippen LogP contribution in [0.25, 0.3) is 0 Å². The van der Waals surface area contributed by atoms with Crippen molar-refractivity contribution in [2.24, 2.45) is 0 Å². The van der Waals surface area contributed by atoms with Gasteiger partial charge in [0.25, 0.3) is 0 Å². The van der Waals surface area contributed by atoms with Crippen LogP contribution in [0.4, 0.5) is 20.2 Å². The number of para-hydroxylation sites is 3. The summed E-state index contributed by atoms with van der Waals surface area (Å²) in [5, 5.41) is 6.26. The van der Waals surface area contributed by atoms with E-state index in [1.54, 1.807) is 18.2 Å². The van der Waals surface area contributed by atoms with Crippen molar-refractivity contribution in [1.29, 1.82) is 0 Å². The number of nitrogens with one attached hydrogen (secondary N) is 2. The van der Waals surface area contributed by atoms with Crippen LogP contribution in [0.15, 0.2) is 48.5 Å². The third-order valence-corrected chi connectivity index (χ3v) is 3.20. The predicted octanol–water partition coefficient (Wildman–Crippen LogP) is 4.66. The zero-order chi connectivity index (χ0) is 15.9. The molecule has 0 aliphatic heterocycles. The van der Waals surface area contributed by atoms with E-state index < -0.39 is 6.61 Å². The number of aryl methyl sites for hydroxylation is 1. The number of anilines is 2. The van der Waals surface area contributed by atoms with Gasteiger partial charge in [-0.3, -0.25) is 0 Å². The lowest BCUT2D eigenvalue weighted by Gasteiger charge is -2.15. The van der Waals surface area contributed by atoms with Crippen LogP contribution in [0, 0.1) is 0 Å². The van der Waals surface area contributed by atoms with Crippen LogP contribution in [0.3, 0.4) is 0 Å². The number of rotatable bonds is 5. The van der Waals surface area contributed by atoms with Gasteiger partial charge in [-0.25, -0.2) is 0 Å². The summed E-state index contributed by atoms with van der Waals surface area (Å²) in [6, 6.07) is 14.2. The lowest BCUT2D eigenvalue weighted by molar-refractivity contribution is -0.0493. The number of thiocarbonyl (C=S) groups is 1. The Morgan fingerprint density at radius 3 is 2.32 bits per heavy atom. The zero-order valence-electron chi connectivity index (χ0n) is 12.0. The molecule has 22 heavy (non-hydrogen) atoms. The molecular formula is C16H16F2N2OS. The van der Waals surface area contributed by atoms with E-state index in [0.717, 1.165) is 17.7 Å². The van der Waals surface area contributed by atoms with Crippen LogP contribution in [0.1, 0.15) is 12.5 Å². The fourth-order valence-corrected chi connectivity index (χ4v) is 2.21. The normalized spacial score (nSPS) is 10.4. The third-order valence-electron chi connectivity index (χ3n) is 3.00. The molecule has 0 heterocycles. The maximum atomic E-state index is 12.4. The van der Waals surface area contributed by atoms with Gasteiger partial charge in [0.1, 0.15) is 5.75 Å². The Morgan fingerprint density at radius 2 is 1.64 bits per heavy atom. The van der Waals surface area contributed by atoms with Gasteiger partial charge < -0.3 is 15.4 Å². The maximum absolute atomic E-state index is 12.4. The maximum Gasteiger partial charge on any atom is 0.387 e. The number of halogens is 2. The molecule has 0 fully saturated rings. The van der Waals surface area contributed by atoms with Gasteiger partial charge in [-0.2, -0.15) is 8.78 Å². The van der Waals surface area contributed by atoms with Gasteiger partial charge in [0.05, 0.1) is 5.69 Å². The molecule has 0 radical (unpaired) electrons. The van der Waals surface area contributed by atoms with Crippen molar-refractivity contribution >= 4 is 28.7 Å². The van der Waals surface area contributed by atoms with Crippen molar-refractivity contribution in [1.82, 2.24) is 0 Å². The smallest absolute Gasteiger partial charge is 0.387 e. The minimum atomic E-state index is -2.88. The molecule has 0 aliphatic rings. The molecule has 0 aromatic heterocycles. The van der Waals surface area contributed by atoms with Gasteiger partial charge in [-0.1, -0.05) is 37.3 Å². The summed E-state index contributed by atoms with van der Waals surface area (Å²) in [6.45, 7) is -0.840. The van der Waals surface area contributed by atoms with Gasteiger partial charge >= 0.3 is 6.61 Å². The second-order valence-electron chi connectivity index (χ2n) is 4.46. The van der Waals surface area contributed by atoms with Gasteiger partial charge in [0.2, 0.25) is 0 Å². The average molecular weight is 322 g/mol. The van der Waals surface area contributed by atoms with Crippen LogP contribution in [0.2, 0.25) is 0 Å². The molecule has 0 unspecified atom stereocenters. The molecule has 2 rings (SSSR count). The molecule has 0 aliphatic carbocycles. The Hall–Kier alpha value is -2.21. The molecule has 0 bridgehead atoms. The monoisotopic (exact) mass is 322 g/mol. The first kappa shape index (κ1) is 16.2. The van der Waals surface area contributed by atoms with Crippen molar-refractivity contribution in [3.8, 4) is 5.75 Å². The molecule has 0 atom stereocenters. The van der Waals surface area contributed by atoms with Gasteiger partial charge in [0, 0.05) is 5.69 Å². The van der Waals surface area contributed by atoms with Crippen molar-refractivity contribution in [2.75, 3.05) is 10.6 Å². The standard InChI is InChI=1S/C16H16F2N2OS/c1-2-11-7-3-4-8-12(11)19-16(22)20-13-9-5-6-10-14(13)21-15(17)18/h3-10,15H,2H2,1H3,(H2,19,20,22). The first-order valence-corrected chi connectivity index (χ1v) is 7.20. The summed E-state index contributed by atoms with van der Waals surface area (Å²) in [5.41, 5.74) is 2.38. The molecule has 2 N–H and O–H groups in total. The van der Waals surface area contributed by atoms with Crippen LogP contribution in [-0.4, -0.2) is 11.7 Å².